The molecule has 0 spiro atoms. The first-order valence-corrected chi connectivity index (χ1v) is 35.8. The Morgan fingerprint density at radius 3 is 0.744 bits per heavy atom. The second-order valence-electron chi connectivity index (χ2n) is 35.7. The molecule has 4 aliphatic rings. The van der Waals surface area contributed by atoms with Gasteiger partial charge in [-0.15, -0.1) is 0 Å². The topological polar surface area (TPSA) is 80.9 Å². The normalized spacial score (nSPS) is 18.5. The number of hydrogen-bond donors (Lipinski definition) is 4. The summed E-state index contributed by atoms with van der Waals surface area (Å²) in [5, 5.41) is 40.5. The van der Waals surface area contributed by atoms with E-state index in [1.807, 2.05) is 13.8 Å². The quantitative estimate of drug-likeness (QED) is 0.157. The average molecular weight is 1170 g/mol. The predicted molar refractivity (Wildman–Crippen MR) is 373 cm³/mol. The Morgan fingerprint density at radius 2 is 0.598 bits per heavy atom. The maximum atomic E-state index is 10.3. The molecule has 4 rings (SSSR count). The molecule has 500 valence electrons. The molecular weight excluding hydrogens is 1000 g/mol. The van der Waals surface area contributed by atoms with Crippen molar-refractivity contribution >= 4 is 0 Å². The molecule has 0 atom stereocenters. The van der Waals surface area contributed by atoms with Crippen LogP contribution in [0.2, 0.25) is 0 Å². The van der Waals surface area contributed by atoms with Crippen LogP contribution in [0.15, 0.2) is 0 Å². The average Bonchev–Trinajstić information content (AvgIpc) is 4.06. The van der Waals surface area contributed by atoms with Gasteiger partial charge in [0.25, 0.3) is 0 Å². The van der Waals surface area contributed by atoms with E-state index < -0.39 is 11.2 Å². The molecule has 0 unspecified atom stereocenters. The van der Waals surface area contributed by atoms with Gasteiger partial charge >= 0.3 is 0 Å². The standard InChI is InChI=1S/C11H24O.C11H24.C10H20O.C10H20.C9H18O.C9H20O.C9H18.C9H20/c1-6-8-11(12,9-7-2)10(3,4)5;1-6-8-10(9-7-2)11(3,4)5;1-9(2,3)10(11)7-5-4-6-8-10;1-10(2,3)9-7-5-4-6-8-9;1-8(2,3)9(10)6-4-5-7-9;1-6-9(10,7-2)8(3,4)5;1-9(2,3)8-6-4-5-7-8;1-6-8(7-2)9(3,4)5/h12H,6-9H2,1-5H3;10H,6-9H2,1-5H3;11H,4-8H2,1-3H3;9H,4-8H2,1-3H3;10H,4-7H2,1-3H3;10H,6-7H2,1-5H3;8H,4-7H2,1-3H3;8H,6-7H2,1-5H3. The summed E-state index contributed by atoms with van der Waals surface area (Å²) in [4.78, 5) is 0. The van der Waals surface area contributed by atoms with Crippen molar-refractivity contribution in [1.29, 1.82) is 0 Å². The molecule has 0 heterocycles. The van der Waals surface area contributed by atoms with E-state index in [1.165, 1.54) is 128 Å². The molecule has 0 aromatic heterocycles. The van der Waals surface area contributed by atoms with Crippen LogP contribution in [-0.2, 0) is 0 Å². The third kappa shape index (κ3) is 35.7. The molecule has 0 aliphatic heterocycles. The smallest absolute Gasteiger partial charge is 0.0695 e. The fraction of sp³-hybridized carbons (Fsp3) is 1.00. The van der Waals surface area contributed by atoms with Crippen LogP contribution in [0.1, 0.15) is 414 Å². The van der Waals surface area contributed by atoms with Gasteiger partial charge < -0.3 is 20.4 Å². The van der Waals surface area contributed by atoms with Crippen molar-refractivity contribution < 1.29 is 20.4 Å². The molecule has 0 amide bonds. The zero-order valence-electron chi connectivity index (χ0n) is 63.3. The summed E-state index contributed by atoms with van der Waals surface area (Å²) in [6.07, 6.45) is 37.1. The van der Waals surface area contributed by atoms with E-state index in [1.54, 1.807) is 0 Å². The lowest BCUT2D eigenvalue weighted by Crippen LogP contribution is -2.44. The highest BCUT2D eigenvalue weighted by Crippen LogP contribution is 2.45. The maximum Gasteiger partial charge on any atom is 0.0695 e. The molecule has 0 aromatic carbocycles. The first-order chi connectivity index (χ1) is 36.9. The number of hydrogen-bond acceptors (Lipinski definition) is 4. The molecule has 4 nitrogen and oxygen atoms in total. The molecule has 4 aliphatic carbocycles. The second kappa shape index (κ2) is 39.8. The maximum absolute atomic E-state index is 10.3. The van der Waals surface area contributed by atoms with Gasteiger partial charge in [0.05, 0.1) is 22.4 Å². The lowest BCUT2D eigenvalue weighted by Gasteiger charge is -2.43. The van der Waals surface area contributed by atoms with Crippen molar-refractivity contribution in [2.45, 2.75) is 437 Å². The van der Waals surface area contributed by atoms with Crippen molar-refractivity contribution in [2.75, 3.05) is 0 Å². The summed E-state index contributed by atoms with van der Waals surface area (Å²) >= 11 is 0. The number of aliphatic hydroxyl groups is 4. The summed E-state index contributed by atoms with van der Waals surface area (Å²) < 4.78 is 0. The third-order valence-electron chi connectivity index (χ3n) is 21.3. The fourth-order valence-corrected chi connectivity index (χ4v) is 13.6. The van der Waals surface area contributed by atoms with Crippen molar-refractivity contribution in [3.63, 3.8) is 0 Å². The van der Waals surface area contributed by atoms with Gasteiger partial charge in [-0.1, -0.05) is 337 Å². The van der Waals surface area contributed by atoms with Crippen LogP contribution < -0.4 is 0 Å². The zero-order chi connectivity index (χ0) is 65.5. The summed E-state index contributed by atoms with van der Waals surface area (Å²) in [7, 11) is 0. The molecule has 0 radical (unpaired) electrons. The molecule has 0 bridgehead atoms. The van der Waals surface area contributed by atoms with Crippen LogP contribution in [-0.4, -0.2) is 42.8 Å². The monoisotopic (exact) mass is 1170 g/mol. The van der Waals surface area contributed by atoms with Crippen LogP contribution in [0, 0.1) is 67.0 Å². The predicted octanol–water partition coefficient (Wildman–Crippen LogP) is 25.6. The van der Waals surface area contributed by atoms with Crippen molar-refractivity contribution in [3.8, 4) is 0 Å². The largest absolute Gasteiger partial charge is 0.389 e. The number of rotatable bonds is 12. The van der Waals surface area contributed by atoms with Crippen LogP contribution in [0.25, 0.3) is 0 Å². The molecule has 4 fully saturated rings. The summed E-state index contributed by atoms with van der Waals surface area (Å²) in [6.45, 7) is 71.2. The lowest BCUT2D eigenvalue weighted by atomic mass is 9.68. The van der Waals surface area contributed by atoms with Gasteiger partial charge in [-0.2, -0.15) is 0 Å². The lowest BCUT2D eigenvalue weighted by molar-refractivity contribution is -0.0844. The minimum Gasteiger partial charge on any atom is -0.389 e. The van der Waals surface area contributed by atoms with Crippen LogP contribution in [0.4, 0.5) is 0 Å². The van der Waals surface area contributed by atoms with Gasteiger partial charge in [0, 0.05) is 0 Å². The van der Waals surface area contributed by atoms with Gasteiger partial charge in [0.1, 0.15) is 0 Å². The highest BCUT2D eigenvalue weighted by atomic mass is 16.3. The van der Waals surface area contributed by atoms with E-state index in [2.05, 4.69) is 208 Å². The Labute approximate surface area is 521 Å². The Bertz CT molecular complexity index is 1430. The minimum atomic E-state index is -0.479. The first kappa shape index (κ1) is 88.3. The van der Waals surface area contributed by atoms with Gasteiger partial charge in [0.15, 0.2) is 0 Å². The molecule has 4 saturated carbocycles. The van der Waals surface area contributed by atoms with Crippen molar-refractivity contribution in [3.05, 3.63) is 0 Å². The van der Waals surface area contributed by atoms with E-state index in [9.17, 15) is 20.4 Å². The van der Waals surface area contributed by atoms with Gasteiger partial charge in [0.2, 0.25) is 0 Å². The van der Waals surface area contributed by atoms with Gasteiger partial charge in [-0.3, -0.25) is 0 Å². The molecular formula is C78H164O4. The Hall–Kier alpha value is -0.160. The van der Waals surface area contributed by atoms with E-state index >= 15 is 0 Å². The summed E-state index contributed by atoms with van der Waals surface area (Å²) in [5.74, 6) is 3.84. The van der Waals surface area contributed by atoms with Crippen LogP contribution >= 0.6 is 0 Å². The zero-order valence-corrected chi connectivity index (χ0v) is 63.3. The highest BCUT2D eigenvalue weighted by molar-refractivity contribution is 4.95. The van der Waals surface area contributed by atoms with E-state index in [4.69, 9.17) is 0 Å². The highest BCUT2D eigenvalue weighted by Gasteiger charge is 2.43. The van der Waals surface area contributed by atoms with Crippen molar-refractivity contribution in [1.82, 2.24) is 0 Å². The van der Waals surface area contributed by atoms with Crippen LogP contribution in [0.3, 0.4) is 0 Å². The van der Waals surface area contributed by atoms with E-state index in [0.717, 1.165) is 87.9 Å². The molecule has 4 heteroatoms. The summed E-state index contributed by atoms with van der Waals surface area (Å²) in [6, 6.07) is 0. The SMILES string of the molecule is CC(C)(C)C1(O)CCCC1.CC(C)(C)C1(O)CCCCC1.CC(C)(C)C1CCCC1.CC(C)(C)C1CCCCC1.CCC(CC)C(C)(C)C.CCC(O)(CC)C(C)(C)C.CCCC(CCC)C(C)(C)C.CCCC(O)(CCC)C(C)(C)C. The Balaban J connectivity index is -0.000000425. The Morgan fingerprint density at radius 1 is 0.341 bits per heavy atom. The van der Waals surface area contributed by atoms with Gasteiger partial charge in [-0.05, 0) is 144 Å². The van der Waals surface area contributed by atoms with Crippen molar-refractivity contribution in [2.24, 2.45) is 67.0 Å². The minimum absolute atomic E-state index is 0.0104. The summed E-state index contributed by atoms with van der Waals surface area (Å²) in [5.41, 5.74) is 0.653. The molecule has 82 heavy (non-hydrogen) atoms. The molecule has 4 N–H and O–H groups in total. The van der Waals surface area contributed by atoms with E-state index in [0.29, 0.717) is 21.7 Å². The molecule has 0 aromatic rings. The molecule has 0 saturated heterocycles. The first-order valence-electron chi connectivity index (χ1n) is 35.8. The third-order valence-corrected chi connectivity index (χ3v) is 21.3. The fourth-order valence-electron chi connectivity index (χ4n) is 13.6. The second-order valence-corrected chi connectivity index (χ2v) is 35.7. The van der Waals surface area contributed by atoms with Gasteiger partial charge in [-0.25, -0.2) is 0 Å². The Kier molecular flexibility index (Phi) is 42.8. The van der Waals surface area contributed by atoms with Crippen LogP contribution in [0.5, 0.6) is 0 Å². The van der Waals surface area contributed by atoms with E-state index in [-0.39, 0.29) is 32.9 Å².